The van der Waals surface area contributed by atoms with Crippen molar-refractivity contribution in [2.24, 2.45) is 0 Å². The molecule has 0 saturated carbocycles. The highest BCUT2D eigenvalue weighted by Gasteiger charge is 2.35. The molecule has 0 aliphatic carbocycles. The van der Waals surface area contributed by atoms with Gasteiger partial charge < -0.3 is 5.32 Å². The molecule has 4 rings (SSSR count). The van der Waals surface area contributed by atoms with Crippen LogP contribution in [0.1, 0.15) is 25.7 Å². The molecule has 2 aliphatic heterocycles. The second kappa shape index (κ2) is 4.72. The van der Waals surface area contributed by atoms with Gasteiger partial charge in [-0.25, -0.2) is 9.97 Å². The van der Waals surface area contributed by atoms with Crippen LogP contribution in [0.2, 0.25) is 0 Å². The van der Waals surface area contributed by atoms with Gasteiger partial charge in [0.05, 0.1) is 10.2 Å². The van der Waals surface area contributed by atoms with Gasteiger partial charge in [0, 0.05) is 18.6 Å². The lowest BCUT2D eigenvalue weighted by Gasteiger charge is -2.32. The molecule has 0 aromatic carbocycles. The highest BCUT2D eigenvalue weighted by Crippen LogP contribution is 2.31. The van der Waals surface area contributed by atoms with Gasteiger partial charge in [-0.3, -0.25) is 4.90 Å². The summed E-state index contributed by atoms with van der Waals surface area (Å²) in [5.41, 5.74) is 1.06. The minimum Gasteiger partial charge on any atom is -0.364 e. The minimum atomic E-state index is 0.556. The van der Waals surface area contributed by atoms with E-state index in [-0.39, 0.29) is 0 Å². The van der Waals surface area contributed by atoms with Crippen molar-refractivity contribution in [3.63, 3.8) is 0 Å². The van der Waals surface area contributed by atoms with Gasteiger partial charge in [-0.05, 0) is 37.3 Å². The topological polar surface area (TPSA) is 41.1 Å². The third-order valence-corrected chi connectivity index (χ3v) is 5.33. The fourth-order valence-corrected chi connectivity index (χ4v) is 4.28. The number of thiophene rings is 1. The Morgan fingerprint density at radius 3 is 3.21 bits per heavy atom. The van der Waals surface area contributed by atoms with E-state index in [2.05, 4.69) is 31.6 Å². The first-order valence-corrected chi connectivity index (χ1v) is 7.98. The Bertz CT molecular complexity index is 582. The third-order valence-electron chi connectivity index (χ3n) is 4.42. The summed E-state index contributed by atoms with van der Waals surface area (Å²) in [6.45, 7) is 2.52. The van der Waals surface area contributed by atoms with Gasteiger partial charge >= 0.3 is 0 Å². The van der Waals surface area contributed by atoms with Crippen molar-refractivity contribution in [3.05, 3.63) is 17.8 Å². The van der Waals surface area contributed by atoms with Crippen LogP contribution in [0.25, 0.3) is 10.2 Å². The lowest BCUT2D eigenvalue weighted by Crippen LogP contribution is -2.41. The number of hydrogen-bond donors (Lipinski definition) is 1. The van der Waals surface area contributed by atoms with Crippen LogP contribution in [-0.2, 0) is 0 Å². The zero-order valence-corrected chi connectivity index (χ0v) is 11.7. The molecule has 4 heterocycles. The summed E-state index contributed by atoms with van der Waals surface area (Å²) in [5.74, 6) is 1.03. The second-order valence-electron chi connectivity index (χ2n) is 5.50. The second-order valence-corrected chi connectivity index (χ2v) is 6.41. The SMILES string of the molecule is c1nc(N[C@H]2CCN3CCCC[C@H]23)c2sccc2n1. The first kappa shape index (κ1) is 11.6. The number of aromatic nitrogens is 2. The quantitative estimate of drug-likeness (QED) is 0.914. The van der Waals surface area contributed by atoms with E-state index >= 15 is 0 Å². The number of nitrogens with zero attached hydrogens (tertiary/aromatic N) is 3. The van der Waals surface area contributed by atoms with Crippen LogP contribution in [-0.4, -0.2) is 40.0 Å². The minimum absolute atomic E-state index is 0.556. The molecule has 0 bridgehead atoms. The Balaban J connectivity index is 1.59. The van der Waals surface area contributed by atoms with E-state index in [0.717, 1.165) is 11.3 Å². The van der Waals surface area contributed by atoms with Gasteiger partial charge in [0.25, 0.3) is 0 Å². The first-order chi connectivity index (χ1) is 9.42. The van der Waals surface area contributed by atoms with E-state index in [0.29, 0.717) is 12.1 Å². The molecule has 2 atom stereocenters. The molecule has 4 nitrogen and oxygen atoms in total. The maximum Gasteiger partial charge on any atom is 0.147 e. The maximum atomic E-state index is 4.45. The first-order valence-electron chi connectivity index (χ1n) is 7.10. The highest BCUT2D eigenvalue weighted by molar-refractivity contribution is 7.17. The third kappa shape index (κ3) is 2.01. The molecule has 2 aliphatic rings. The summed E-state index contributed by atoms with van der Waals surface area (Å²) < 4.78 is 1.19. The molecule has 2 fully saturated rings. The van der Waals surface area contributed by atoms with E-state index in [1.165, 1.54) is 43.5 Å². The number of anilines is 1. The van der Waals surface area contributed by atoms with Crippen LogP contribution in [0.4, 0.5) is 5.82 Å². The van der Waals surface area contributed by atoms with Crippen molar-refractivity contribution < 1.29 is 0 Å². The molecule has 1 N–H and O–H groups in total. The molecule has 0 spiro atoms. The predicted molar refractivity (Wildman–Crippen MR) is 78.7 cm³/mol. The lowest BCUT2D eigenvalue weighted by molar-refractivity contribution is 0.192. The molecule has 0 radical (unpaired) electrons. The van der Waals surface area contributed by atoms with Gasteiger partial charge in [0.15, 0.2) is 0 Å². The summed E-state index contributed by atoms with van der Waals surface area (Å²) in [4.78, 5) is 11.4. The number of rotatable bonds is 2. The zero-order chi connectivity index (χ0) is 12.7. The van der Waals surface area contributed by atoms with E-state index < -0.39 is 0 Å². The number of piperidine rings is 1. The molecule has 100 valence electrons. The van der Waals surface area contributed by atoms with Crippen molar-refractivity contribution in [1.82, 2.24) is 14.9 Å². The van der Waals surface area contributed by atoms with Crippen LogP contribution >= 0.6 is 11.3 Å². The Kier molecular flexibility index (Phi) is 2.89. The Labute approximate surface area is 116 Å². The lowest BCUT2D eigenvalue weighted by atomic mass is 9.99. The van der Waals surface area contributed by atoms with E-state index in [4.69, 9.17) is 0 Å². The van der Waals surface area contributed by atoms with Crippen molar-refractivity contribution in [1.29, 1.82) is 0 Å². The van der Waals surface area contributed by atoms with Crippen LogP contribution in [0.3, 0.4) is 0 Å². The summed E-state index contributed by atoms with van der Waals surface area (Å²) in [6.07, 6.45) is 6.98. The molecule has 2 aromatic heterocycles. The Hall–Kier alpha value is -1.20. The summed E-state index contributed by atoms with van der Waals surface area (Å²) in [6, 6.07) is 3.33. The summed E-state index contributed by atoms with van der Waals surface area (Å²) >= 11 is 1.73. The zero-order valence-electron chi connectivity index (χ0n) is 10.9. The highest BCUT2D eigenvalue weighted by atomic mass is 32.1. The number of fused-ring (bicyclic) bond motifs is 2. The van der Waals surface area contributed by atoms with Gasteiger partial charge in [0.1, 0.15) is 12.1 Å². The van der Waals surface area contributed by atoms with Crippen LogP contribution in [0.5, 0.6) is 0 Å². The fraction of sp³-hybridized carbons (Fsp3) is 0.571. The van der Waals surface area contributed by atoms with Crippen molar-refractivity contribution in [2.75, 3.05) is 18.4 Å². The molecule has 0 unspecified atom stereocenters. The molecule has 0 amide bonds. The predicted octanol–water partition coefficient (Wildman–Crippen LogP) is 2.73. The molecule has 2 aromatic rings. The van der Waals surface area contributed by atoms with Crippen LogP contribution in [0, 0.1) is 0 Å². The van der Waals surface area contributed by atoms with Crippen LogP contribution in [0.15, 0.2) is 17.8 Å². The van der Waals surface area contributed by atoms with Gasteiger partial charge in [-0.2, -0.15) is 0 Å². The molecular weight excluding hydrogens is 256 g/mol. The van der Waals surface area contributed by atoms with Gasteiger partial charge in [0.2, 0.25) is 0 Å². The average molecular weight is 274 g/mol. The van der Waals surface area contributed by atoms with Crippen LogP contribution < -0.4 is 5.32 Å². The van der Waals surface area contributed by atoms with E-state index in [1.807, 2.05) is 0 Å². The number of nitrogens with one attached hydrogen (secondary N) is 1. The smallest absolute Gasteiger partial charge is 0.147 e. The summed E-state index contributed by atoms with van der Waals surface area (Å²) in [5, 5.41) is 5.78. The normalized spacial score (nSPS) is 27.6. The van der Waals surface area contributed by atoms with Crippen molar-refractivity contribution in [2.45, 2.75) is 37.8 Å². The monoisotopic (exact) mass is 274 g/mol. The Morgan fingerprint density at radius 2 is 2.21 bits per heavy atom. The van der Waals surface area contributed by atoms with Gasteiger partial charge in [-0.1, -0.05) is 6.42 Å². The van der Waals surface area contributed by atoms with E-state index in [9.17, 15) is 0 Å². The fourth-order valence-electron chi connectivity index (χ4n) is 3.48. The average Bonchev–Trinajstić information content (AvgIpc) is 3.06. The largest absolute Gasteiger partial charge is 0.364 e. The van der Waals surface area contributed by atoms with Gasteiger partial charge in [-0.15, -0.1) is 11.3 Å². The molecule has 2 saturated heterocycles. The van der Waals surface area contributed by atoms with Crippen molar-refractivity contribution >= 4 is 27.4 Å². The van der Waals surface area contributed by atoms with E-state index in [1.54, 1.807) is 17.7 Å². The molecule has 5 heteroatoms. The van der Waals surface area contributed by atoms with Crippen molar-refractivity contribution in [3.8, 4) is 0 Å². The molecular formula is C14H18N4S. The Morgan fingerprint density at radius 1 is 1.21 bits per heavy atom. The maximum absolute atomic E-state index is 4.45. The number of hydrogen-bond acceptors (Lipinski definition) is 5. The standard InChI is InChI=1S/C14H18N4S/c1-2-6-18-7-4-10(12(18)3-1)17-14-13-11(5-8-19-13)15-9-16-14/h5,8-10,12H,1-4,6-7H2,(H,15,16,17)/t10-,12+/m0/s1. The summed E-state index contributed by atoms with van der Waals surface area (Å²) in [7, 11) is 0. The molecule has 19 heavy (non-hydrogen) atoms.